The molecule has 0 radical (unpaired) electrons. The zero-order chi connectivity index (χ0) is 15.3. The minimum atomic E-state index is -3.67. The van der Waals surface area contributed by atoms with Crippen molar-refractivity contribution in [1.82, 2.24) is 0 Å². The summed E-state index contributed by atoms with van der Waals surface area (Å²) in [5, 5.41) is 8.51. The third kappa shape index (κ3) is 17.5. The van der Waals surface area contributed by atoms with Crippen LogP contribution in [0.1, 0.15) is 38.5 Å². The van der Waals surface area contributed by atoms with Gasteiger partial charge in [-0.3, -0.25) is 4.55 Å². The molecule has 7 heteroatoms. The van der Waals surface area contributed by atoms with Crippen molar-refractivity contribution in [3.8, 4) is 0 Å². The summed E-state index contributed by atoms with van der Waals surface area (Å²) in [6.45, 7) is 1.79. The minimum absolute atomic E-state index is 0.0479. The lowest BCUT2D eigenvalue weighted by atomic mass is 10.2. The second-order valence-corrected chi connectivity index (χ2v) is 6.02. The lowest BCUT2D eigenvalue weighted by molar-refractivity contribution is -0.162. The summed E-state index contributed by atoms with van der Waals surface area (Å²) in [7, 11) is -3.67. The van der Waals surface area contributed by atoms with Crippen LogP contribution in [0.2, 0.25) is 0 Å². The molecule has 0 amide bonds. The summed E-state index contributed by atoms with van der Waals surface area (Å²) < 4.78 is 36.9. The first kappa shape index (κ1) is 19.5. The lowest BCUT2D eigenvalue weighted by Gasteiger charge is -2.22. The van der Waals surface area contributed by atoms with Crippen molar-refractivity contribution in [3.05, 3.63) is 12.2 Å². The fourth-order valence-corrected chi connectivity index (χ4v) is 1.61. The average molecular weight is 310 g/mol. The molecule has 2 N–H and O–H groups in total. The minimum Gasteiger partial charge on any atom is -0.392 e. The first-order chi connectivity index (χ1) is 9.43. The van der Waals surface area contributed by atoms with E-state index in [1.165, 1.54) is 12.8 Å². The van der Waals surface area contributed by atoms with Crippen LogP contribution >= 0.6 is 0 Å². The molecule has 1 unspecified atom stereocenters. The molecular formula is C13H26O6S. The molecule has 1 atom stereocenters. The molecule has 0 aromatic rings. The molecule has 1 rings (SSSR count). The Morgan fingerprint density at radius 1 is 1.30 bits per heavy atom. The van der Waals surface area contributed by atoms with E-state index in [0.29, 0.717) is 6.26 Å². The number of ether oxygens (including phenoxy) is 2. The molecule has 1 heterocycles. The summed E-state index contributed by atoms with van der Waals surface area (Å²) in [5.74, 6) is 0. The highest BCUT2D eigenvalue weighted by Gasteiger charge is 2.12. The second-order valence-electron chi connectivity index (χ2n) is 4.55. The maximum absolute atomic E-state index is 9.19. The van der Waals surface area contributed by atoms with Gasteiger partial charge in [0.2, 0.25) is 0 Å². The van der Waals surface area contributed by atoms with Gasteiger partial charge in [0.05, 0.1) is 12.9 Å². The number of hydrogen-bond acceptors (Lipinski definition) is 5. The number of unbranched alkanes of at least 4 members (excludes halogenated alkanes) is 2. The van der Waals surface area contributed by atoms with E-state index in [2.05, 4.69) is 0 Å². The third-order valence-electron chi connectivity index (χ3n) is 2.48. The van der Waals surface area contributed by atoms with Gasteiger partial charge < -0.3 is 14.6 Å². The van der Waals surface area contributed by atoms with Gasteiger partial charge >= 0.3 is 0 Å². The Balaban J connectivity index is 0.000000621. The van der Waals surface area contributed by atoms with Gasteiger partial charge in [-0.05, 0) is 38.5 Å². The monoisotopic (exact) mass is 310 g/mol. The number of rotatable bonds is 7. The maximum atomic E-state index is 9.19. The zero-order valence-electron chi connectivity index (χ0n) is 12.0. The standard InChI is InChI=1S/C12H22O3.CH4O3S/c13-9-5-2-1-3-6-10-14-12-8-4-7-11-15-12;1-5(2,3)4/h2,5,12-13H,1,3-4,6-11H2;1H3,(H,2,3,4). The fraction of sp³-hybridized carbons (Fsp3) is 0.846. The molecule has 0 bridgehead atoms. The summed E-state index contributed by atoms with van der Waals surface area (Å²) in [6.07, 6.45) is 11.2. The SMILES string of the molecule is CS(=O)(=O)O.OCC=CCCCCOC1CCCCO1. The van der Waals surface area contributed by atoms with Crippen LogP contribution in [0.25, 0.3) is 0 Å². The molecule has 0 spiro atoms. The largest absolute Gasteiger partial charge is 0.392 e. The van der Waals surface area contributed by atoms with Gasteiger partial charge in [0.25, 0.3) is 10.1 Å². The van der Waals surface area contributed by atoms with Crippen molar-refractivity contribution in [2.24, 2.45) is 0 Å². The van der Waals surface area contributed by atoms with Gasteiger partial charge in [-0.15, -0.1) is 0 Å². The maximum Gasteiger partial charge on any atom is 0.261 e. The molecule has 0 saturated carbocycles. The Kier molecular flexibility index (Phi) is 12.0. The Labute approximate surface area is 121 Å². The van der Waals surface area contributed by atoms with Crippen LogP contribution in [0.4, 0.5) is 0 Å². The number of hydrogen-bond donors (Lipinski definition) is 2. The van der Waals surface area contributed by atoms with Crippen molar-refractivity contribution < 1.29 is 27.6 Å². The quantitative estimate of drug-likeness (QED) is 0.423. The van der Waals surface area contributed by atoms with Crippen molar-refractivity contribution in [2.75, 3.05) is 26.1 Å². The van der Waals surface area contributed by atoms with E-state index in [1.807, 2.05) is 6.08 Å². The Morgan fingerprint density at radius 2 is 2.00 bits per heavy atom. The summed E-state index contributed by atoms with van der Waals surface area (Å²) in [4.78, 5) is 0. The molecule has 0 aromatic carbocycles. The molecule has 1 aliphatic heterocycles. The van der Waals surface area contributed by atoms with Gasteiger partial charge in [-0.25, -0.2) is 0 Å². The molecule has 0 aromatic heterocycles. The van der Waals surface area contributed by atoms with Crippen LogP contribution < -0.4 is 0 Å². The predicted molar refractivity (Wildman–Crippen MR) is 77.1 cm³/mol. The van der Waals surface area contributed by atoms with E-state index < -0.39 is 10.1 Å². The second kappa shape index (κ2) is 12.3. The smallest absolute Gasteiger partial charge is 0.261 e. The molecule has 20 heavy (non-hydrogen) atoms. The molecule has 120 valence electrons. The van der Waals surface area contributed by atoms with Crippen molar-refractivity contribution in [2.45, 2.75) is 44.8 Å². The van der Waals surface area contributed by atoms with Gasteiger partial charge in [-0.2, -0.15) is 8.42 Å². The van der Waals surface area contributed by atoms with E-state index in [9.17, 15) is 8.42 Å². The zero-order valence-corrected chi connectivity index (χ0v) is 12.8. The van der Waals surface area contributed by atoms with Crippen molar-refractivity contribution >= 4 is 10.1 Å². The molecule has 1 fully saturated rings. The molecular weight excluding hydrogens is 284 g/mol. The van der Waals surface area contributed by atoms with Crippen LogP contribution in [-0.4, -0.2) is 50.4 Å². The van der Waals surface area contributed by atoms with E-state index in [4.69, 9.17) is 19.1 Å². The van der Waals surface area contributed by atoms with Gasteiger partial charge in [0.15, 0.2) is 6.29 Å². The van der Waals surface area contributed by atoms with Crippen molar-refractivity contribution in [1.29, 1.82) is 0 Å². The Hall–Kier alpha value is -0.470. The average Bonchev–Trinajstić information content (AvgIpc) is 2.37. The third-order valence-corrected chi connectivity index (χ3v) is 2.48. The fourth-order valence-electron chi connectivity index (χ4n) is 1.61. The van der Waals surface area contributed by atoms with Crippen LogP contribution in [0.5, 0.6) is 0 Å². The number of aliphatic hydroxyl groups excluding tert-OH is 1. The van der Waals surface area contributed by atoms with Crippen LogP contribution in [0.15, 0.2) is 12.2 Å². The molecule has 6 nitrogen and oxygen atoms in total. The normalized spacial score (nSPS) is 19.6. The van der Waals surface area contributed by atoms with E-state index in [1.54, 1.807) is 6.08 Å². The highest BCUT2D eigenvalue weighted by molar-refractivity contribution is 7.85. The predicted octanol–water partition coefficient (Wildman–Crippen LogP) is 1.75. The molecule has 1 saturated heterocycles. The topological polar surface area (TPSA) is 93.1 Å². The van der Waals surface area contributed by atoms with Gasteiger partial charge in [0, 0.05) is 13.2 Å². The summed E-state index contributed by atoms with van der Waals surface area (Å²) >= 11 is 0. The summed E-state index contributed by atoms with van der Waals surface area (Å²) in [6, 6.07) is 0. The van der Waals surface area contributed by atoms with Crippen LogP contribution in [0, 0.1) is 0 Å². The van der Waals surface area contributed by atoms with E-state index in [-0.39, 0.29) is 12.9 Å². The van der Waals surface area contributed by atoms with Crippen LogP contribution in [0.3, 0.4) is 0 Å². The van der Waals surface area contributed by atoms with Gasteiger partial charge in [0.1, 0.15) is 0 Å². The Morgan fingerprint density at radius 3 is 2.55 bits per heavy atom. The van der Waals surface area contributed by atoms with Crippen molar-refractivity contribution in [3.63, 3.8) is 0 Å². The number of aliphatic hydroxyl groups is 1. The van der Waals surface area contributed by atoms with E-state index >= 15 is 0 Å². The first-order valence-corrected chi connectivity index (χ1v) is 8.70. The Bertz CT molecular complexity index is 325. The van der Waals surface area contributed by atoms with Gasteiger partial charge in [-0.1, -0.05) is 12.2 Å². The van der Waals surface area contributed by atoms with Crippen LogP contribution in [-0.2, 0) is 19.6 Å². The van der Waals surface area contributed by atoms with E-state index in [0.717, 1.165) is 38.9 Å². The lowest BCUT2D eigenvalue weighted by Crippen LogP contribution is -2.22. The summed E-state index contributed by atoms with van der Waals surface area (Å²) in [5.41, 5.74) is 0. The molecule has 1 aliphatic rings. The first-order valence-electron chi connectivity index (χ1n) is 6.85. The highest BCUT2D eigenvalue weighted by Crippen LogP contribution is 2.14. The highest BCUT2D eigenvalue weighted by atomic mass is 32.2. The molecule has 0 aliphatic carbocycles. The number of allylic oxidation sites excluding steroid dienone is 1.